The van der Waals surface area contributed by atoms with Gasteiger partial charge in [0.15, 0.2) is 0 Å². The standard InChI is InChI=1S/C19H18ClFN2O2/c20-15-4-1-5-17(11-15)22-18(24)14-3-2-10-23(12-14)19(25)13-6-8-16(21)9-7-13/h1,4-9,11,14H,2-3,10,12H2,(H,22,24)/t14-/m0/s1. The number of rotatable bonds is 3. The van der Waals surface area contributed by atoms with E-state index in [0.29, 0.717) is 29.4 Å². The van der Waals surface area contributed by atoms with Crippen LogP contribution in [-0.2, 0) is 4.79 Å². The summed E-state index contributed by atoms with van der Waals surface area (Å²) in [6, 6.07) is 12.4. The van der Waals surface area contributed by atoms with E-state index in [1.54, 1.807) is 29.2 Å². The third kappa shape index (κ3) is 4.37. The molecular formula is C19H18ClFN2O2. The zero-order valence-corrected chi connectivity index (χ0v) is 14.3. The van der Waals surface area contributed by atoms with Gasteiger partial charge in [0.05, 0.1) is 5.92 Å². The average Bonchev–Trinajstić information content (AvgIpc) is 2.62. The molecule has 0 aliphatic carbocycles. The summed E-state index contributed by atoms with van der Waals surface area (Å²) in [7, 11) is 0. The number of anilines is 1. The highest BCUT2D eigenvalue weighted by Gasteiger charge is 2.29. The highest BCUT2D eigenvalue weighted by atomic mass is 35.5. The first-order valence-corrected chi connectivity index (χ1v) is 8.52. The minimum atomic E-state index is -0.381. The van der Waals surface area contributed by atoms with E-state index in [0.717, 1.165) is 12.8 Å². The Balaban J connectivity index is 1.65. The van der Waals surface area contributed by atoms with Crippen molar-refractivity contribution in [1.82, 2.24) is 4.90 Å². The van der Waals surface area contributed by atoms with Crippen molar-refractivity contribution in [2.45, 2.75) is 12.8 Å². The lowest BCUT2D eigenvalue weighted by atomic mass is 9.96. The molecule has 6 heteroatoms. The van der Waals surface area contributed by atoms with Crippen LogP contribution in [0.1, 0.15) is 23.2 Å². The Morgan fingerprint density at radius 1 is 1.16 bits per heavy atom. The average molecular weight is 361 g/mol. The number of halogens is 2. The fourth-order valence-corrected chi connectivity index (χ4v) is 3.15. The lowest BCUT2D eigenvalue weighted by Gasteiger charge is -2.32. The molecule has 1 N–H and O–H groups in total. The van der Waals surface area contributed by atoms with E-state index in [1.165, 1.54) is 24.3 Å². The number of likely N-dealkylation sites (tertiary alicyclic amines) is 1. The molecule has 0 radical (unpaired) electrons. The summed E-state index contributed by atoms with van der Waals surface area (Å²) in [5.41, 5.74) is 1.07. The number of benzene rings is 2. The molecule has 2 aromatic carbocycles. The van der Waals surface area contributed by atoms with Crippen LogP contribution in [0.2, 0.25) is 5.02 Å². The zero-order chi connectivity index (χ0) is 17.8. The van der Waals surface area contributed by atoms with E-state index in [4.69, 9.17) is 11.6 Å². The molecule has 1 aliphatic rings. The second kappa shape index (κ2) is 7.66. The van der Waals surface area contributed by atoms with Crippen molar-refractivity contribution < 1.29 is 14.0 Å². The van der Waals surface area contributed by atoms with Crippen LogP contribution in [0.4, 0.5) is 10.1 Å². The van der Waals surface area contributed by atoms with Crippen LogP contribution in [0.3, 0.4) is 0 Å². The zero-order valence-electron chi connectivity index (χ0n) is 13.5. The number of carbonyl (C=O) groups excluding carboxylic acids is 2. The SMILES string of the molecule is O=C(Nc1cccc(Cl)c1)[C@H]1CCCN(C(=O)c2ccc(F)cc2)C1. The molecule has 1 atom stereocenters. The summed E-state index contributed by atoms with van der Waals surface area (Å²) in [4.78, 5) is 26.7. The number of carbonyl (C=O) groups is 2. The highest BCUT2D eigenvalue weighted by Crippen LogP contribution is 2.22. The maximum absolute atomic E-state index is 13.0. The van der Waals surface area contributed by atoms with Gasteiger partial charge in [0.2, 0.25) is 5.91 Å². The number of amides is 2. The molecule has 25 heavy (non-hydrogen) atoms. The minimum Gasteiger partial charge on any atom is -0.338 e. The van der Waals surface area contributed by atoms with Crippen molar-refractivity contribution in [3.63, 3.8) is 0 Å². The number of hydrogen-bond donors (Lipinski definition) is 1. The van der Waals surface area contributed by atoms with Crippen LogP contribution < -0.4 is 5.32 Å². The van der Waals surface area contributed by atoms with Gasteiger partial charge in [-0.1, -0.05) is 17.7 Å². The van der Waals surface area contributed by atoms with Crippen LogP contribution >= 0.6 is 11.6 Å². The molecule has 0 unspecified atom stereocenters. The van der Waals surface area contributed by atoms with Crippen molar-refractivity contribution >= 4 is 29.1 Å². The lowest BCUT2D eigenvalue weighted by Crippen LogP contribution is -2.43. The lowest BCUT2D eigenvalue weighted by molar-refractivity contribution is -0.121. The molecule has 0 bridgehead atoms. The van der Waals surface area contributed by atoms with Gasteiger partial charge in [-0.25, -0.2) is 4.39 Å². The Bertz CT molecular complexity index is 779. The molecule has 0 aromatic heterocycles. The maximum Gasteiger partial charge on any atom is 0.253 e. The second-order valence-electron chi connectivity index (χ2n) is 6.10. The molecule has 1 fully saturated rings. The molecule has 2 amide bonds. The molecule has 1 heterocycles. The Morgan fingerprint density at radius 2 is 1.92 bits per heavy atom. The first-order valence-electron chi connectivity index (χ1n) is 8.14. The predicted octanol–water partition coefficient (Wildman–Crippen LogP) is 3.97. The molecule has 1 aliphatic heterocycles. The minimum absolute atomic E-state index is 0.126. The molecule has 0 spiro atoms. The predicted molar refractivity (Wildman–Crippen MR) is 95.1 cm³/mol. The van der Waals surface area contributed by atoms with Gasteiger partial charge in [0, 0.05) is 29.4 Å². The molecule has 4 nitrogen and oxygen atoms in total. The Labute approximate surface area is 150 Å². The van der Waals surface area contributed by atoms with Gasteiger partial charge in [0.1, 0.15) is 5.82 Å². The van der Waals surface area contributed by atoms with Crippen LogP contribution in [-0.4, -0.2) is 29.8 Å². The molecule has 1 saturated heterocycles. The molecule has 0 saturated carbocycles. The molecule has 130 valence electrons. The fourth-order valence-electron chi connectivity index (χ4n) is 2.96. The van der Waals surface area contributed by atoms with E-state index in [9.17, 15) is 14.0 Å². The number of nitrogens with one attached hydrogen (secondary N) is 1. The molecule has 2 aromatic rings. The Kier molecular flexibility index (Phi) is 5.34. The second-order valence-corrected chi connectivity index (χ2v) is 6.53. The number of piperidine rings is 1. The summed E-state index contributed by atoms with van der Waals surface area (Å²) in [5.74, 6) is -0.967. The smallest absolute Gasteiger partial charge is 0.253 e. The highest BCUT2D eigenvalue weighted by molar-refractivity contribution is 6.30. The quantitative estimate of drug-likeness (QED) is 0.900. The van der Waals surface area contributed by atoms with Gasteiger partial charge < -0.3 is 10.2 Å². The van der Waals surface area contributed by atoms with E-state index >= 15 is 0 Å². The van der Waals surface area contributed by atoms with E-state index in [-0.39, 0.29) is 23.5 Å². The number of nitrogens with zero attached hydrogens (tertiary/aromatic N) is 1. The number of hydrogen-bond acceptors (Lipinski definition) is 2. The Hall–Kier alpha value is -2.40. The van der Waals surface area contributed by atoms with Crippen LogP contribution in [0, 0.1) is 11.7 Å². The fraction of sp³-hybridized carbons (Fsp3) is 0.263. The molecule has 3 rings (SSSR count). The van der Waals surface area contributed by atoms with Crippen molar-refractivity contribution in [1.29, 1.82) is 0 Å². The summed E-state index contributed by atoms with van der Waals surface area (Å²) >= 11 is 5.93. The Morgan fingerprint density at radius 3 is 2.64 bits per heavy atom. The van der Waals surface area contributed by atoms with Crippen molar-refractivity contribution in [3.8, 4) is 0 Å². The van der Waals surface area contributed by atoms with Crippen molar-refractivity contribution in [2.75, 3.05) is 18.4 Å². The van der Waals surface area contributed by atoms with E-state index in [2.05, 4.69) is 5.32 Å². The van der Waals surface area contributed by atoms with Crippen LogP contribution in [0.5, 0.6) is 0 Å². The third-order valence-electron chi connectivity index (χ3n) is 4.26. The summed E-state index contributed by atoms with van der Waals surface area (Å²) in [6.45, 7) is 0.944. The summed E-state index contributed by atoms with van der Waals surface area (Å²) in [6.07, 6.45) is 1.47. The van der Waals surface area contributed by atoms with Gasteiger partial charge in [-0.3, -0.25) is 9.59 Å². The normalized spacial score (nSPS) is 17.2. The van der Waals surface area contributed by atoms with E-state index < -0.39 is 0 Å². The third-order valence-corrected chi connectivity index (χ3v) is 4.50. The first-order chi connectivity index (χ1) is 12.0. The molecular weight excluding hydrogens is 343 g/mol. The maximum atomic E-state index is 13.0. The largest absolute Gasteiger partial charge is 0.338 e. The summed E-state index contributed by atoms with van der Waals surface area (Å²) in [5, 5.41) is 3.40. The first kappa shape index (κ1) is 17.4. The van der Waals surface area contributed by atoms with Crippen molar-refractivity contribution in [2.24, 2.45) is 5.92 Å². The van der Waals surface area contributed by atoms with Gasteiger partial charge >= 0.3 is 0 Å². The van der Waals surface area contributed by atoms with Crippen LogP contribution in [0.25, 0.3) is 0 Å². The van der Waals surface area contributed by atoms with Gasteiger partial charge in [0.25, 0.3) is 5.91 Å². The van der Waals surface area contributed by atoms with Gasteiger partial charge in [-0.05, 0) is 55.3 Å². The van der Waals surface area contributed by atoms with Crippen LogP contribution in [0.15, 0.2) is 48.5 Å². The topological polar surface area (TPSA) is 49.4 Å². The monoisotopic (exact) mass is 360 g/mol. The van der Waals surface area contributed by atoms with Gasteiger partial charge in [-0.2, -0.15) is 0 Å². The van der Waals surface area contributed by atoms with Crippen molar-refractivity contribution in [3.05, 3.63) is 64.9 Å². The summed E-state index contributed by atoms with van der Waals surface area (Å²) < 4.78 is 13.0. The van der Waals surface area contributed by atoms with Gasteiger partial charge in [-0.15, -0.1) is 0 Å². The van der Waals surface area contributed by atoms with E-state index in [1.807, 2.05) is 0 Å².